The molecule has 0 radical (unpaired) electrons. The smallest absolute Gasteiger partial charge is 0.237 e. The molecule has 0 unspecified atom stereocenters. The molecule has 1 aromatic heterocycles. The summed E-state index contributed by atoms with van der Waals surface area (Å²) in [6, 6.07) is 24.6. The van der Waals surface area contributed by atoms with Crippen LogP contribution in [0.2, 0.25) is 0 Å². The van der Waals surface area contributed by atoms with Gasteiger partial charge in [0.25, 0.3) is 0 Å². The minimum Gasteiger partial charge on any atom is -0.353 e. The number of nitrogens with zero attached hydrogens (tertiary/aromatic N) is 2. The minimum atomic E-state index is -0.188. The Morgan fingerprint density at radius 1 is 0.966 bits per heavy atom. The number of amides is 1. The predicted octanol–water partition coefficient (Wildman–Crippen LogP) is 4.46. The van der Waals surface area contributed by atoms with E-state index >= 15 is 0 Å². The van der Waals surface area contributed by atoms with Crippen LogP contribution in [-0.2, 0) is 11.8 Å². The van der Waals surface area contributed by atoms with E-state index in [1.807, 2.05) is 43.3 Å². The van der Waals surface area contributed by atoms with E-state index in [1.54, 1.807) is 0 Å². The van der Waals surface area contributed by atoms with Crippen LogP contribution in [0.3, 0.4) is 0 Å². The van der Waals surface area contributed by atoms with Crippen LogP contribution in [0.25, 0.3) is 0 Å². The van der Waals surface area contributed by atoms with E-state index < -0.39 is 0 Å². The standard InChI is InChI=1S/C25H29N3O/c1-19(28-18-10-16-23(28)22-15-9-17-27(22)2)25(29)26-24(20-11-5-3-6-12-20)21-13-7-4-8-14-21/h3-9,11-15,17,19,23-24H,10,16,18H2,1-2H3,(H,26,29)/t19-,23+/m1/s1. The van der Waals surface area contributed by atoms with Gasteiger partial charge in [-0.25, -0.2) is 0 Å². The first-order valence-corrected chi connectivity index (χ1v) is 10.4. The number of carbonyl (C=O) groups excluding carboxylic acids is 1. The molecule has 1 aliphatic heterocycles. The van der Waals surface area contributed by atoms with Gasteiger partial charge in [-0.1, -0.05) is 60.7 Å². The van der Waals surface area contributed by atoms with E-state index in [0.29, 0.717) is 6.04 Å². The quantitative estimate of drug-likeness (QED) is 0.678. The SMILES string of the molecule is C[C@H](C(=O)NC(c1ccccc1)c1ccccc1)N1CCC[C@H]1c1cccn1C. The molecule has 3 aromatic rings. The maximum absolute atomic E-state index is 13.3. The summed E-state index contributed by atoms with van der Waals surface area (Å²) in [6.45, 7) is 2.98. The molecule has 0 aliphatic carbocycles. The van der Waals surface area contributed by atoms with Crippen molar-refractivity contribution in [2.45, 2.75) is 37.9 Å². The van der Waals surface area contributed by atoms with Crippen LogP contribution < -0.4 is 5.32 Å². The molecule has 2 heterocycles. The highest BCUT2D eigenvalue weighted by Gasteiger charge is 2.34. The number of nitrogens with one attached hydrogen (secondary N) is 1. The van der Waals surface area contributed by atoms with Crippen LogP contribution in [0, 0.1) is 0 Å². The molecule has 29 heavy (non-hydrogen) atoms. The predicted molar refractivity (Wildman–Crippen MR) is 116 cm³/mol. The van der Waals surface area contributed by atoms with E-state index in [-0.39, 0.29) is 18.0 Å². The Bertz CT molecular complexity index is 895. The molecule has 2 atom stereocenters. The van der Waals surface area contributed by atoms with Crippen molar-refractivity contribution in [1.82, 2.24) is 14.8 Å². The number of aromatic nitrogens is 1. The number of aryl methyl sites for hydroxylation is 1. The zero-order valence-corrected chi connectivity index (χ0v) is 17.2. The third-order valence-corrected chi connectivity index (χ3v) is 6.05. The maximum atomic E-state index is 13.3. The monoisotopic (exact) mass is 387 g/mol. The molecule has 2 aromatic carbocycles. The summed E-state index contributed by atoms with van der Waals surface area (Å²) in [5.74, 6) is 0.0730. The number of hydrogen-bond donors (Lipinski definition) is 1. The summed E-state index contributed by atoms with van der Waals surface area (Å²) in [7, 11) is 2.08. The van der Waals surface area contributed by atoms with Crippen LogP contribution in [0.4, 0.5) is 0 Å². The lowest BCUT2D eigenvalue weighted by Crippen LogP contribution is -2.46. The Kier molecular flexibility index (Phi) is 5.81. The summed E-state index contributed by atoms with van der Waals surface area (Å²) in [6.07, 6.45) is 4.29. The third kappa shape index (κ3) is 4.13. The van der Waals surface area contributed by atoms with Crippen molar-refractivity contribution in [2.24, 2.45) is 7.05 Å². The van der Waals surface area contributed by atoms with Gasteiger partial charge >= 0.3 is 0 Å². The summed E-state index contributed by atoms with van der Waals surface area (Å²) in [5.41, 5.74) is 3.48. The van der Waals surface area contributed by atoms with Gasteiger partial charge in [0.05, 0.1) is 18.1 Å². The fraction of sp³-hybridized carbons (Fsp3) is 0.320. The van der Waals surface area contributed by atoms with Gasteiger partial charge in [-0.3, -0.25) is 9.69 Å². The van der Waals surface area contributed by atoms with E-state index in [9.17, 15) is 4.79 Å². The van der Waals surface area contributed by atoms with E-state index in [2.05, 4.69) is 64.4 Å². The van der Waals surface area contributed by atoms with Crippen LogP contribution >= 0.6 is 0 Å². The lowest BCUT2D eigenvalue weighted by atomic mass is 9.98. The van der Waals surface area contributed by atoms with Crippen LogP contribution in [-0.4, -0.2) is 28.0 Å². The Morgan fingerprint density at radius 3 is 2.14 bits per heavy atom. The van der Waals surface area contributed by atoms with Crippen molar-refractivity contribution in [3.05, 3.63) is 95.8 Å². The maximum Gasteiger partial charge on any atom is 0.237 e. The molecular formula is C25H29N3O. The largest absolute Gasteiger partial charge is 0.353 e. The van der Waals surface area contributed by atoms with Crippen molar-refractivity contribution in [3.8, 4) is 0 Å². The fourth-order valence-corrected chi connectivity index (χ4v) is 4.45. The van der Waals surface area contributed by atoms with Crippen LogP contribution in [0.1, 0.15) is 48.7 Å². The third-order valence-electron chi connectivity index (χ3n) is 6.05. The number of rotatable bonds is 6. The fourth-order valence-electron chi connectivity index (χ4n) is 4.45. The lowest BCUT2D eigenvalue weighted by molar-refractivity contribution is -0.126. The van der Waals surface area contributed by atoms with Gasteiger partial charge in [0.1, 0.15) is 0 Å². The highest BCUT2D eigenvalue weighted by molar-refractivity contribution is 5.82. The van der Waals surface area contributed by atoms with Gasteiger partial charge in [-0.15, -0.1) is 0 Å². The number of likely N-dealkylation sites (tertiary alicyclic amines) is 1. The average molecular weight is 388 g/mol. The zero-order chi connectivity index (χ0) is 20.2. The lowest BCUT2D eigenvalue weighted by Gasteiger charge is -2.31. The first-order valence-electron chi connectivity index (χ1n) is 10.4. The van der Waals surface area contributed by atoms with Crippen molar-refractivity contribution < 1.29 is 4.79 Å². The Morgan fingerprint density at radius 2 is 1.59 bits per heavy atom. The molecule has 4 heteroatoms. The van der Waals surface area contributed by atoms with Gasteiger partial charge in [-0.05, 0) is 49.6 Å². The molecule has 4 nitrogen and oxygen atoms in total. The first-order chi connectivity index (χ1) is 14.1. The molecule has 1 amide bonds. The average Bonchev–Trinajstić information content (AvgIpc) is 3.41. The van der Waals surface area contributed by atoms with Crippen molar-refractivity contribution in [1.29, 1.82) is 0 Å². The topological polar surface area (TPSA) is 37.3 Å². The molecule has 4 rings (SSSR count). The Labute approximate surface area is 173 Å². The summed E-state index contributed by atoms with van der Waals surface area (Å²) >= 11 is 0. The van der Waals surface area contributed by atoms with Crippen molar-refractivity contribution in [3.63, 3.8) is 0 Å². The van der Waals surface area contributed by atoms with Crippen molar-refractivity contribution in [2.75, 3.05) is 6.54 Å². The zero-order valence-electron chi connectivity index (χ0n) is 17.2. The molecule has 150 valence electrons. The number of carbonyl (C=O) groups is 1. The molecular weight excluding hydrogens is 358 g/mol. The Hall–Kier alpha value is -2.85. The second-order valence-electron chi connectivity index (χ2n) is 7.88. The highest BCUT2D eigenvalue weighted by atomic mass is 16.2. The van der Waals surface area contributed by atoms with Gasteiger partial charge in [0.15, 0.2) is 0 Å². The first kappa shape index (κ1) is 19.5. The summed E-state index contributed by atoms with van der Waals surface area (Å²) in [5, 5.41) is 3.32. The highest BCUT2D eigenvalue weighted by Crippen LogP contribution is 2.34. The minimum absolute atomic E-state index is 0.0730. The number of benzene rings is 2. The van der Waals surface area contributed by atoms with Gasteiger partial charge in [0.2, 0.25) is 5.91 Å². The van der Waals surface area contributed by atoms with Gasteiger partial charge in [0, 0.05) is 18.9 Å². The molecule has 0 spiro atoms. The second kappa shape index (κ2) is 8.66. The Balaban J connectivity index is 1.55. The molecule has 1 saturated heterocycles. The molecule has 0 saturated carbocycles. The molecule has 1 N–H and O–H groups in total. The normalized spacial score (nSPS) is 18.1. The van der Waals surface area contributed by atoms with Crippen molar-refractivity contribution >= 4 is 5.91 Å². The van der Waals surface area contributed by atoms with Gasteiger partial charge < -0.3 is 9.88 Å². The van der Waals surface area contributed by atoms with Gasteiger partial charge in [-0.2, -0.15) is 0 Å². The second-order valence-corrected chi connectivity index (χ2v) is 7.88. The van der Waals surface area contributed by atoms with E-state index in [0.717, 1.165) is 30.5 Å². The van der Waals surface area contributed by atoms with E-state index in [4.69, 9.17) is 0 Å². The number of hydrogen-bond acceptors (Lipinski definition) is 2. The van der Waals surface area contributed by atoms with Crippen LogP contribution in [0.5, 0.6) is 0 Å². The summed E-state index contributed by atoms with van der Waals surface area (Å²) in [4.78, 5) is 15.7. The van der Waals surface area contributed by atoms with E-state index in [1.165, 1.54) is 5.69 Å². The summed E-state index contributed by atoms with van der Waals surface area (Å²) < 4.78 is 2.17. The molecule has 1 aliphatic rings. The molecule has 0 bridgehead atoms. The molecule has 1 fully saturated rings. The van der Waals surface area contributed by atoms with Crippen LogP contribution in [0.15, 0.2) is 79.0 Å².